The number of anilines is 1. The van der Waals surface area contributed by atoms with Crippen molar-refractivity contribution in [2.75, 3.05) is 31.1 Å². The number of halogens is 1. The SMILES string of the molecule is NCCOC1CCN(c2ncccc2Cl)CC1. The third-order valence-corrected chi connectivity index (χ3v) is 3.25. The van der Waals surface area contributed by atoms with Crippen molar-refractivity contribution in [3.8, 4) is 0 Å². The van der Waals surface area contributed by atoms with Crippen molar-refractivity contribution in [2.24, 2.45) is 5.73 Å². The van der Waals surface area contributed by atoms with Gasteiger partial charge in [-0.15, -0.1) is 0 Å². The van der Waals surface area contributed by atoms with E-state index in [2.05, 4.69) is 9.88 Å². The minimum absolute atomic E-state index is 0.331. The standard InChI is InChI=1S/C12H18ClN3O/c13-11-2-1-6-15-12(11)16-7-3-10(4-8-16)17-9-5-14/h1-2,6,10H,3-5,7-9,14H2. The molecule has 1 aliphatic rings. The zero-order valence-corrected chi connectivity index (χ0v) is 10.6. The Bertz CT molecular complexity index is 353. The van der Waals surface area contributed by atoms with Gasteiger partial charge in [0.15, 0.2) is 0 Å². The second kappa shape index (κ2) is 6.19. The van der Waals surface area contributed by atoms with Gasteiger partial charge in [-0.1, -0.05) is 11.6 Å². The van der Waals surface area contributed by atoms with Crippen molar-refractivity contribution < 1.29 is 4.74 Å². The van der Waals surface area contributed by atoms with Crippen LogP contribution in [0.3, 0.4) is 0 Å². The molecule has 17 heavy (non-hydrogen) atoms. The summed E-state index contributed by atoms with van der Waals surface area (Å²) in [6.45, 7) is 3.11. The first-order chi connectivity index (χ1) is 8.31. The highest BCUT2D eigenvalue weighted by Crippen LogP contribution is 2.25. The smallest absolute Gasteiger partial charge is 0.147 e. The molecule has 0 saturated carbocycles. The number of rotatable bonds is 4. The normalized spacial score (nSPS) is 17.4. The van der Waals surface area contributed by atoms with Crippen LogP contribution < -0.4 is 10.6 Å². The molecular weight excluding hydrogens is 238 g/mol. The fourth-order valence-electron chi connectivity index (χ4n) is 2.08. The van der Waals surface area contributed by atoms with E-state index >= 15 is 0 Å². The average Bonchev–Trinajstić information content (AvgIpc) is 2.38. The molecule has 0 atom stereocenters. The highest BCUT2D eigenvalue weighted by Gasteiger charge is 2.21. The van der Waals surface area contributed by atoms with Crippen molar-refractivity contribution in [3.63, 3.8) is 0 Å². The topological polar surface area (TPSA) is 51.4 Å². The number of piperidine rings is 1. The van der Waals surface area contributed by atoms with Gasteiger partial charge in [0.2, 0.25) is 0 Å². The van der Waals surface area contributed by atoms with Crippen molar-refractivity contribution in [2.45, 2.75) is 18.9 Å². The van der Waals surface area contributed by atoms with Gasteiger partial charge in [-0.2, -0.15) is 0 Å². The lowest BCUT2D eigenvalue weighted by atomic mass is 10.1. The molecule has 2 N–H and O–H groups in total. The van der Waals surface area contributed by atoms with E-state index in [-0.39, 0.29) is 0 Å². The van der Waals surface area contributed by atoms with Crippen LogP contribution in [0, 0.1) is 0 Å². The van der Waals surface area contributed by atoms with E-state index < -0.39 is 0 Å². The Morgan fingerprint density at radius 1 is 1.47 bits per heavy atom. The van der Waals surface area contributed by atoms with E-state index in [0.29, 0.717) is 24.3 Å². The van der Waals surface area contributed by atoms with E-state index in [1.165, 1.54) is 0 Å². The Balaban J connectivity index is 1.89. The Hall–Kier alpha value is -0.840. The number of nitrogens with two attached hydrogens (primary N) is 1. The van der Waals surface area contributed by atoms with Gasteiger partial charge < -0.3 is 15.4 Å². The van der Waals surface area contributed by atoms with Gasteiger partial charge in [-0.3, -0.25) is 0 Å². The van der Waals surface area contributed by atoms with E-state index in [0.717, 1.165) is 31.7 Å². The van der Waals surface area contributed by atoms with Crippen LogP contribution in [0.1, 0.15) is 12.8 Å². The Morgan fingerprint density at radius 3 is 2.88 bits per heavy atom. The summed E-state index contributed by atoms with van der Waals surface area (Å²) in [5.74, 6) is 0.881. The molecule has 0 aliphatic carbocycles. The molecule has 1 fully saturated rings. The zero-order valence-electron chi connectivity index (χ0n) is 9.81. The molecule has 94 valence electrons. The van der Waals surface area contributed by atoms with Crippen LogP contribution in [0.25, 0.3) is 0 Å². The first-order valence-electron chi connectivity index (χ1n) is 5.98. The largest absolute Gasteiger partial charge is 0.377 e. The van der Waals surface area contributed by atoms with Gasteiger partial charge >= 0.3 is 0 Å². The molecule has 0 unspecified atom stereocenters. The minimum atomic E-state index is 0.331. The molecule has 5 heteroatoms. The van der Waals surface area contributed by atoms with Gasteiger partial charge in [0.1, 0.15) is 5.82 Å². The molecule has 0 bridgehead atoms. The summed E-state index contributed by atoms with van der Waals surface area (Å²) < 4.78 is 5.64. The maximum Gasteiger partial charge on any atom is 0.147 e. The van der Waals surface area contributed by atoms with Crippen LogP contribution in [0.15, 0.2) is 18.3 Å². The highest BCUT2D eigenvalue weighted by atomic mass is 35.5. The van der Waals surface area contributed by atoms with Crippen LogP contribution in [-0.4, -0.2) is 37.3 Å². The summed E-state index contributed by atoms with van der Waals surface area (Å²) in [5, 5.41) is 0.717. The van der Waals surface area contributed by atoms with Crippen molar-refractivity contribution in [1.82, 2.24) is 4.98 Å². The lowest BCUT2D eigenvalue weighted by Crippen LogP contribution is -2.38. The molecule has 1 aliphatic heterocycles. The molecule has 0 radical (unpaired) electrons. The second-order valence-electron chi connectivity index (χ2n) is 4.15. The van der Waals surface area contributed by atoms with E-state index in [9.17, 15) is 0 Å². The van der Waals surface area contributed by atoms with Crippen LogP contribution in [0.5, 0.6) is 0 Å². The van der Waals surface area contributed by atoms with Gasteiger partial charge in [0, 0.05) is 25.8 Å². The molecule has 0 spiro atoms. The Kier molecular flexibility index (Phi) is 4.59. The van der Waals surface area contributed by atoms with E-state index in [4.69, 9.17) is 22.1 Å². The lowest BCUT2D eigenvalue weighted by molar-refractivity contribution is 0.0421. The van der Waals surface area contributed by atoms with Crippen LogP contribution in [-0.2, 0) is 4.74 Å². The second-order valence-corrected chi connectivity index (χ2v) is 4.56. The molecule has 1 saturated heterocycles. The minimum Gasteiger partial charge on any atom is -0.377 e. The zero-order chi connectivity index (χ0) is 12.1. The first kappa shape index (κ1) is 12.6. The predicted molar refractivity (Wildman–Crippen MR) is 69.5 cm³/mol. The fourth-order valence-corrected chi connectivity index (χ4v) is 2.32. The molecule has 0 aromatic carbocycles. The quantitative estimate of drug-likeness (QED) is 0.890. The van der Waals surface area contributed by atoms with Gasteiger partial charge in [-0.05, 0) is 25.0 Å². The van der Waals surface area contributed by atoms with Crippen LogP contribution >= 0.6 is 11.6 Å². The summed E-state index contributed by atoms with van der Waals surface area (Å²) in [7, 11) is 0. The van der Waals surface area contributed by atoms with Gasteiger partial charge in [0.25, 0.3) is 0 Å². The maximum atomic E-state index is 6.13. The van der Waals surface area contributed by atoms with E-state index in [1.54, 1.807) is 6.20 Å². The van der Waals surface area contributed by atoms with Gasteiger partial charge in [-0.25, -0.2) is 4.98 Å². The monoisotopic (exact) mass is 255 g/mol. The molecule has 2 heterocycles. The number of nitrogens with zero attached hydrogens (tertiary/aromatic N) is 2. The average molecular weight is 256 g/mol. The van der Waals surface area contributed by atoms with Crippen LogP contribution in [0.2, 0.25) is 5.02 Å². The summed E-state index contributed by atoms with van der Waals surface area (Å²) in [6, 6.07) is 3.73. The number of pyridine rings is 1. The lowest BCUT2D eigenvalue weighted by Gasteiger charge is -2.33. The number of aromatic nitrogens is 1. The third-order valence-electron chi connectivity index (χ3n) is 2.95. The van der Waals surface area contributed by atoms with Gasteiger partial charge in [0.05, 0.1) is 17.7 Å². The Morgan fingerprint density at radius 2 is 2.24 bits per heavy atom. The van der Waals surface area contributed by atoms with Crippen molar-refractivity contribution in [1.29, 1.82) is 0 Å². The molecule has 1 aromatic rings. The molecule has 0 amide bonds. The number of ether oxygens (including phenoxy) is 1. The van der Waals surface area contributed by atoms with Crippen molar-refractivity contribution >= 4 is 17.4 Å². The number of hydrogen-bond acceptors (Lipinski definition) is 4. The molecule has 2 rings (SSSR count). The summed E-state index contributed by atoms with van der Waals surface area (Å²) in [5.41, 5.74) is 5.42. The predicted octanol–water partition coefficient (Wildman–Crippen LogP) is 1.68. The third kappa shape index (κ3) is 3.31. The summed E-state index contributed by atoms with van der Waals surface area (Å²) in [4.78, 5) is 6.54. The van der Waals surface area contributed by atoms with Crippen LogP contribution in [0.4, 0.5) is 5.82 Å². The molecule has 1 aromatic heterocycles. The van der Waals surface area contributed by atoms with Crippen molar-refractivity contribution in [3.05, 3.63) is 23.4 Å². The molecule has 4 nitrogen and oxygen atoms in total. The molecular formula is C12H18ClN3O. The summed E-state index contributed by atoms with van der Waals surface area (Å²) in [6.07, 6.45) is 4.12. The maximum absolute atomic E-state index is 6.13. The fraction of sp³-hybridized carbons (Fsp3) is 0.583. The summed E-state index contributed by atoms with van der Waals surface area (Å²) >= 11 is 6.13. The Labute approximate surface area is 107 Å². The van der Waals surface area contributed by atoms with E-state index in [1.807, 2.05) is 12.1 Å². The first-order valence-corrected chi connectivity index (χ1v) is 6.36. The highest BCUT2D eigenvalue weighted by molar-refractivity contribution is 6.32. The number of hydrogen-bond donors (Lipinski definition) is 1.